The molecule has 0 saturated carbocycles. The SMILES string of the molecule is C=C/C(=C\C(=C)Br)CC(=O)OCC. The Morgan fingerprint density at radius 1 is 1.62 bits per heavy atom. The van der Waals surface area contributed by atoms with Crippen LogP contribution in [0.3, 0.4) is 0 Å². The van der Waals surface area contributed by atoms with E-state index in [4.69, 9.17) is 4.74 Å². The minimum Gasteiger partial charge on any atom is -0.466 e. The van der Waals surface area contributed by atoms with Gasteiger partial charge in [0.15, 0.2) is 0 Å². The highest BCUT2D eigenvalue weighted by atomic mass is 79.9. The van der Waals surface area contributed by atoms with E-state index in [0.717, 1.165) is 5.57 Å². The van der Waals surface area contributed by atoms with Crippen molar-refractivity contribution in [3.8, 4) is 0 Å². The van der Waals surface area contributed by atoms with Crippen LogP contribution >= 0.6 is 15.9 Å². The molecule has 0 radical (unpaired) electrons. The standard InChI is InChI=1S/C10H13BrO2/c1-4-9(6-8(3)11)7-10(12)13-5-2/h4,6H,1,3,5,7H2,2H3/b9-6+. The number of allylic oxidation sites excluding steroid dienone is 3. The van der Waals surface area contributed by atoms with Gasteiger partial charge in [-0.25, -0.2) is 0 Å². The average molecular weight is 245 g/mol. The highest BCUT2D eigenvalue weighted by Crippen LogP contribution is 2.11. The molecular formula is C10H13BrO2. The van der Waals surface area contributed by atoms with Gasteiger partial charge in [0, 0.05) is 4.48 Å². The van der Waals surface area contributed by atoms with Crippen molar-refractivity contribution in [3.05, 3.63) is 35.4 Å². The molecule has 0 aliphatic rings. The maximum atomic E-state index is 11.0. The van der Waals surface area contributed by atoms with E-state index in [1.54, 1.807) is 19.1 Å². The Hall–Kier alpha value is -0.830. The molecule has 0 aromatic rings. The van der Waals surface area contributed by atoms with E-state index in [1.807, 2.05) is 0 Å². The third-order valence-electron chi connectivity index (χ3n) is 1.26. The van der Waals surface area contributed by atoms with E-state index >= 15 is 0 Å². The zero-order valence-electron chi connectivity index (χ0n) is 7.68. The largest absolute Gasteiger partial charge is 0.466 e. The second-order valence-corrected chi connectivity index (χ2v) is 3.37. The van der Waals surface area contributed by atoms with Crippen LogP contribution in [0.25, 0.3) is 0 Å². The number of carbonyl (C=O) groups excluding carboxylic acids is 1. The van der Waals surface area contributed by atoms with Crippen LogP contribution in [0.5, 0.6) is 0 Å². The minimum atomic E-state index is -0.248. The summed E-state index contributed by atoms with van der Waals surface area (Å²) in [5.74, 6) is -0.248. The van der Waals surface area contributed by atoms with Gasteiger partial charge in [0.2, 0.25) is 0 Å². The summed E-state index contributed by atoms with van der Waals surface area (Å²) in [6, 6.07) is 0. The quantitative estimate of drug-likeness (QED) is 0.549. The molecule has 0 rings (SSSR count). The summed E-state index contributed by atoms with van der Waals surface area (Å²) in [6.45, 7) is 9.40. The fourth-order valence-electron chi connectivity index (χ4n) is 0.762. The smallest absolute Gasteiger partial charge is 0.310 e. The molecule has 0 amide bonds. The van der Waals surface area contributed by atoms with E-state index in [2.05, 4.69) is 29.1 Å². The Balaban J connectivity index is 4.21. The topological polar surface area (TPSA) is 26.3 Å². The maximum Gasteiger partial charge on any atom is 0.310 e. The van der Waals surface area contributed by atoms with Gasteiger partial charge >= 0.3 is 5.97 Å². The second kappa shape index (κ2) is 6.66. The number of halogens is 1. The molecule has 0 atom stereocenters. The molecule has 0 spiro atoms. The average Bonchev–Trinajstić information content (AvgIpc) is 2.02. The van der Waals surface area contributed by atoms with E-state index in [9.17, 15) is 4.79 Å². The number of ether oxygens (including phenoxy) is 1. The summed E-state index contributed by atoms with van der Waals surface area (Å²) >= 11 is 3.17. The van der Waals surface area contributed by atoms with E-state index < -0.39 is 0 Å². The molecule has 0 fully saturated rings. The number of hydrogen-bond acceptors (Lipinski definition) is 2. The van der Waals surface area contributed by atoms with Crippen LogP contribution in [0.4, 0.5) is 0 Å². The lowest BCUT2D eigenvalue weighted by Gasteiger charge is -2.01. The van der Waals surface area contributed by atoms with Crippen LogP contribution in [0.15, 0.2) is 35.4 Å². The number of esters is 1. The first-order valence-electron chi connectivity index (χ1n) is 3.93. The minimum absolute atomic E-state index is 0.238. The van der Waals surface area contributed by atoms with Gasteiger partial charge in [0.05, 0.1) is 13.0 Å². The van der Waals surface area contributed by atoms with Crippen LogP contribution < -0.4 is 0 Å². The van der Waals surface area contributed by atoms with Crippen LogP contribution in [-0.2, 0) is 9.53 Å². The zero-order chi connectivity index (χ0) is 10.3. The first-order valence-corrected chi connectivity index (χ1v) is 4.72. The molecule has 0 aromatic carbocycles. The molecule has 0 heterocycles. The van der Waals surface area contributed by atoms with Crippen molar-refractivity contribution in [1.82, 2.24) is 0 Å². The van der Waals surface area contributed by atoms with E-state index in [1.165, 1.54) is 0 Å². The normalized spacial score (nSPS) is 10.8. The van der Waals surface area contributed by atoms with Gasteiger partial charge < -0.3 is 4.74 Å². The summed E-state index contributed by atoms with van der Waals surface area (Å²) in [5.41, 5.74) is 0.792. The number of carbonyl (C=O) groups is 1. The summed E-state index contributed by atoms with van der Waals surface area (Å²) in [6.07, 6.45) is 3.59. The molecule has 2 nitrogen and oxygen atoms in total. The summed E-state index contributed by atoms with van der Waals surface area (Å²) in [7, 11) is 0. The molecule has 0 aromatic heterocycles. The third-order valence-corrected chi connectivity index (χ3v) is 1.49. The maximum absolute atomic E-state index is 11.0. The zero-order valence-corrected chi connectivity index (χ0v) is 9.26. The Labute approximate surface area is 87.1 Å². The molecule has 0 bridgehead atoms. The van der Waals surface area contributed by atoms with Crippen LogP contribution in [0.1, 0.15) is 13.3 Å². The third kappa shape index (κ3) is 6.34. The molecule has 0 saturated heterocycles. The van der Waals surface area contributed by atoms with Crippen molar-refractivity contribution in [2.24, 2.45) is 0 Å². The number of rotatable bonds is 5. The van der Waals surface area contributed by atoms with Crippen molar-refractivity contribution in [1.29, 1.82) is 0 Å². The van der Waals surface area contributed by atoms with Crippen LogP contribution in [-0.4, -0.2) is 12.6 Å². The fourth-order valence-corrected chi connectivity index (χ4v) is 1.06. The Morgan fingerprint density at radius 3 is 2.62 bits per heavy atom. The predicted molar refractivity (Wildman–Crippen MR) is 57.6 cm³/mol. The summed E-state index contributed by atoms with van der Waals surface area (Å²) in [4.78, 5) is 11.0. The lowest BCUT2D eigenvalue weighted by Crippen LogP contribution is -2.04. The summed E-state index contributed by atoms with van der Waals surface area (Å²) < 4.78 is 5.50. The first kappa shape index (κ1) is 12.2. The van der Waals surface area contributed by atoms with Gasteiger partial charge in [-0.2, -0.15) is 0 Å². The van der Waals surface area contributed by atoms with Crippen molar-refractivity contribution >= 4 is 21.9 Å². The lowest BCUT2D eigenvalue weighted by molar-refractivity contribution is -0.142. The van der Waals surface area contributed by atoms with Gasteiger partial charge in [-0.05, 0) is 18.6 Å². The highest BCUT2D eigenvalue weighted by Gasteiger charge is 2.03. The molecule has 13 heavy (non-hydrogen) atoms. The lowest BCUT2D eigenvalue weighted by atomic mass is 10.2. The molecule has 3 heteroatoms. The Kier molecular flexibility index (Phi) is 6.24. The van der Waals surface area contributed by atoms with Gasteiger partial charge in [0.25, 0.3) is 0 Å². The molecule has 0 aliphatic carbocycles. The van der Waals surface area contributed by atoms with Crippen molar-refractivity contribution in [2.75, 3.05) is 6.61 Å². The number of hydrogen-bond donors (Lipinski definition) is 0. The van der Waals surface area contributed by atoms with Gasteiger partial charge in [-0.1, -0.05) is 35.2 Å². The van der Waals surface area contributed by atoms with Crippen molar-refractivity contribution < 1.29 is 9.53 Å². The second-order valence-electron chi connectivity index (χ2n) is 2.35. The van der Waals surface area contributed by atoms with Crippen molar-refractivity contribution in [2.45, 2.75) is 13.3 Å². The fraction of sp³-hybridized carbons (Fsp3) is 0.300. The van der Waals surface area contributed by atoms with E-state index in [-0.39, 0.29) is 12.4 Å². The molecular weight excluding hydrogens is 232 g/mol. The molecule has 0 N–H and O–H groups in total. The monoisotopic (exact) mass is 244 g/mol. The summed E-state index contributed by atoms with van der Waals surface area (Å²) in [5, 5.41) is 0. The molecule has 0 aliphatic heterocycles. The first-order chi connectivity index (χ1) is 6.10. The highest BCUT2D eigenvalue weighted by molar-refractivity contribution is 9.11. The van der Waals surface area contributed by atoms with Gasteiger partial charge in [-0.3, -0.25) is 4.79 Å². The molecule has 0 unspecified atom stereocenters. The van der Waals surface area contributed by atoms with Crippen LogP contribution in [0.2, 0.25) is 0 Å². The van der Waals surface area contributed by atoms with Crippen molar-refractivity contribution in [3.63, 3.8) is 0 Å². The van der Waals surface area contributed by atoms with Gasteiger partial charge in [0.1, 0.15) is 0 Å². The Bertz CT molecular complexity index is 241. The van der Waals surface area contributed by atoms with Crippen LogP contribution in [0, 0.1) is 0 Å². The van der Waals surface area contributed by atoms with E-state index in [0.29, 0.717) is 11.1 Å². The Morgan fingerprint density at radius 2 is 2.23 bits per heavy atom. The predicted octanol–water partition coefficient (Wildman–Crippen LogP) is 2.96. The molecule has 72 valence electrons. The van der Waals surface area contributed by atoms with Gasteiger partial charge in [-0.15, -0.1) is 0 Å².